The first-order chi connectivity index (χ1) is 8.48. The van der Waals surface area contributed by atoms with Crippen LogP contribution in [0.15, 0.2) is 6.07 Å². The number of aromatic amines is 1. The largest absolute Gasteiger partial charge is 0.387 e. The van der Waals surface area contributed by atoms with Gasteiger partial charge in [-0.3, -0.25) is 9.89 Å². The van der Waals surface area contributed by atoms with E-state index in [2.05, 4.69) is 22.4 Å². The van der Waals surface area contributed by atoms with Crippen LogP contribution in [0.5, 0.6) is 0 Å². The molecule has 18 heavy (non-hydrogen) atoms. The van der Waals surface area contributed by atoms with Gasteiger partial charge in [-0.05, 0) is 25.7 Å². The van der Waals surface area contributed by atoms with Crippen molar-refractivity contribution in [3.63, 3.8) is 0 Å². The van der Waals surface area contributed by atoms with Gasteiger partial charge in [0, 0.05) is 18.0 Å². The predicted octanol–water partition coefficient (Wildman–Crippen LogP) is 1.21. The molecule has 0 radical (unpaired) electrons. The summed E-state index contributed by atoms with van der Waals surface area (Å²) in [5.74, 6) is 0.324. The van der Waals surface area contributed by atoms with Crippen LogP contribution < -0.4 is 5.32 Å². The molecule has 0 bridgehead atoms. The lowest BCUT2D eigenvalue weighted by Gasteiger charge is -2.22. The summed E-state index contributed by atoms with van der Waals surface area (Å²) in [6.07, 6.45) is 3.80. The van der Waals surface area contributed by atoms with Gasteiger partial charge in [-0.15, -0.1) is 0 Å². The van der Waals surface area contributed by atoms with E-state index in [0.717, 1.165) is 18.5 Å². The molecule has 1 aromatic rings. The summed E-state index contributed by atoms with van der Waals surface area (Å²) < 4.78 is 0. The fourth-order valence-electron chi connectivity index (χ4n) is 1.60. The summed E-state index contributed by atoms with van der Waals surface area (Å²) >= 11 is 1.54. The third-order valence-corrected chi connectivity index (χ3v) is 3.38. The van der Waals surface area contributed by atoms with E-state index in [1.807, 2.05) is 6.26 Å². The van der Waals surface area contributed by atoms with Crippen LogP contribution in [-0.2, 0) is 6.42 Å². The Morgan fingerprint density at radius 1 is 1.67 bits per heavy atom. The molecular weight excluding hydrogens is 250 g/mol. The lowest BCUT2D eigenvalue weighted by Crippen LogP contribution is -2.42. The second kappa shape index (κ2) is 6.80. The van der Waals surface area contributed by atoms with Gasteiger partial charge in [-0.25, -0.2) is 0 Å². The zero-order valence-electron chi connectivity index (χ0n) is 11.1. The molecule has 1 atom stereocenters. The van der Waals surface area contributed by atoms with E-state index in [1.165, 1.54) is 0 Å². The molecule has 0 aliphatic heterocycles. The third kappa shape index (κ3) is 4.70. The number of nitrogens with one attached hydrogen (secondary N) is 2. The molecular formula is C12H21N3O2S. The van der Waals surface area contributed by atoms with Crippen molar-refractivity contribution in [1.82, 2.24) is 15.5 Å². The zero-order valence-corrected chi connectivity index (χ0v) is 11.9. The monoisotopic (exact) mass is 271 g/mol. The van der Waals surface area contributed by atoms with Crippen molar-refractivity contribution in [3.8, 4) is 0 Å². The van der Waals surface area contributed by atoms with E-state index in [9.17, 15) is 9.90 Å². The topological polar surface area (TPSA) is 78.0 Å². The number of nitrogens with zero attached hydrogens (tertiary/aromatic N) is 1. The van der Waals surface area contributed by atoms with Gasteiger partial charge in [0.05, 0.1) is 5.60 Å². The molecule has 3 N–H and O–H groups in total. The van der Waals surface area contributed by atoms with Gasteiger partial charge in [0.25, 0.3) is 5.91 Å². The van der Waals surface area contributed by atoms with Crippen LogP contribution in [0.4, 0.5) is 0 Å². The normalized spacial score (nSPS) is 14.2. The number of aromatic nitrogens is 2. The number of amides is 1. The standard InChI is InChI=1S/C12H21N3O2S/c1-4-5-9-6-10(15-14-9)11(16)13-7-12(2,17)8-18-3/h6,17H,4-5,7-8H2,1-3H3,(H,13,16)(H,14,15). The number of H-pyrrole nitrogens is 1. The molecule has 1 heterocycles. The molecule has 1 unspecified atom stereocenters. The quantitative estimate of drug-likeness (QED) is 0.696. The SMILES string of the molecule is CCCc1cc(C(=O)NCC(C)(O)CSC)n[nH]1. The van der Waals surface area contributed by atoms with Gasteiger partial charge < -0.3 is 10.4 Å². The summed E-state index contributed by atoms with van der Waals surface area (Å²) in [5, 5.41) is 19.4. The number of carbonyl (C=O) groups is 1. The van der Waals surface area contributed by atoms with E-state index < -0.39 is 5.60 Å². The Morgan fingerprint density at radius 3 is 3.00 bits per heavy atom. The Labute approximate surface area is 112 Å². The molecule has 1 amide bonds. The number of aryl methyl sites for hydroxylation is 1. The second-order valence-corrected chi connectivity index (χ2v) is 5.51. The Kier molecular flexibility index (Phi) is 5.68. The molecule has 0 aliphatic rings. The highest BCUT2D eigenvalue weighted by molar-refractivity contribution is 7.98. The van der Waals surface area contributed by atoms with Crippen LogP contribution in [0.25, 0.3) is 0 Å². The molecule has 0 aliphatic carbocycles. The highest BCUT2D eigenvalue weighted by atomic mass is 32.2. The second-order valence-electron chi connectivity index (χ2n) is 4.64. The maximum atomic E-state index is 11.8. The smallest absolute Gasteiger partial charge is 0.271 e. The van der Waals surface area contributed by atoms with Crippen molar-refractivity contribution in [2.75, 3.05) is 18.6 Å². The Morgan fingerprint density at radius 2 is 2.39 bits per heavy atom. The number of hydrogen-bond donors (Lipinski definition) is 3. The first kappa shape index (κ1) is 15.0. The van der Waals surface area contributed by atoms with Gasteiger partial charge in [-0.1, -0.05) is 13.3 Å². The average molecular weight is 271 g/mol. The van der Waals surface area contributed by atoms with E-state index in [-0.39, 0.29) is 12.5 Å². The molecule has 0 saturated carbocycles. The predicted molar refractivity (Wildman–Crippen MR) is 73.9 cm³/mol. The maximum Gasteiger partial charge on any atom is 0.271 e. The van der Waals surface area contributed by atoms with Crippen molar-refractivity contribution in [1.29, 1.82) is 0 Å². The fourth-order valence-corrected chi connectivity index (χ4v) is 2.32. The minimum Gasteiger partial charge on any atom is -0.387 e. The fraction of sp³-hybridized carbons (Fsp3) is 0.667. The van der Waals surface area contributed by atoms with Crippen molar-refractivity contribution in [2.24, 2.45) is 0 Å². The lowest BCUT2D eigenvalue weighted by molar-refractivity contribution is 0.0722. The van der Waals surface area contributed by atoms with Crippen molar-refractivity contribution >= 4 is 17.7 Å². The van der Waals surface area contributed by atoms with Crippen molar-refractivity contribution in [3.05, 3.63) is 17.5 Å². The molecule has 102 valence electrons. The van der Waals surface area contributed by atoms with Crippen LogP contribution in [-0.4, -0.2) is 45.4 Å². The summed E-state index contributed by atoms with van der Waals surface area (Å²) in [4.78, 5) is 11.8. The van der Waals surface area contributed by atoms with E-state index in [4.69, 9.17) is 0 Å². The average Bonchev–Trinajstić information content (AvgIpc) is 2.75. The highest BCUT2D eigenvalue weighted by Crippen LogP contribution is 2.09. The minimum absolute atomic E-state index is 0.225. The van der Waals surface area contributed by atoms with Crippen molar-refractivity contribution < 1.29 is 9.90 Å². The van der Waals surface area contributed by atoms with Gasteiger partial charge in [0.15, 0.2) is 0 Å². The first-order valence-corrected chi connectivity index (χ1v) is 7.41. The first-order valence-electron chi connectivity index (χ1n) is 6.02. The Balaban J connectivity index is 2.49. The number of carbonyl (C=O) groups excluding carboxylic acids is 1. The summed E-state index contributed by atoms with van der Waals surface area (Å²) in [6.45, 7) is 4.00. The summed E-state index contributed by atoms with van der Waals surface area (Å²) in [5.41, 5.74) is 0.439. The van der Waals surface area contributed by atoms with E-state index in [1.54, 1.807) is 24.8 Å². The summed E-state index contributed by atoms with van der Waals surface area (Å²) in [7, 11) is 0. The highest BCUT2D eigenvalue weighted by Gasteiger charge is 2.21. The Bertz CT molecular complexity index is 390. The molecule has 0 saturated heterocycles. The van der Waals surface area contributed by atoms with Crippen LogP contribution in [0.3, 0.4) is 0 Å². The molecule has 6 heteroatoms. The number of thioether (sulfide) groups is 1. The molecule has 0 spiro atoms. The van der Waals surface area contributed by atoms with Crippen LogP contribution in [0.1, 0.15) is 36.5 Å². The van der Waals surface area contributed by atoms with Crippen LogP contribution in [0.2, 0.25) is 0 Å². The molecule has 0 aromatic carbocycles. The van der Waals surface area contributed by atoms with E-state index in [0.29, 0.717) is 11.4 Å². The number of rotatable bonds is 7. The van der Waals surface area contributed by atoms with Gasteiger partial charge in [0.2, 0.25) is 0 Å². The zero-order chi connectivity index (χ0) is 13.6. The molecule has 1 aromatic heterocycles. The minimum atomic E-state index is -0.891. The van der Waals surface area contributed by atoms with Crippen LogP contribution >= 0.6 is 11.8 Å². The number of aliphatic hydroxyl groups is 1. The van der Waals surface area contributed by atoms with E-state index >= 15 is 0 Å². The lowest BCUT2D eigenvalue weighted by atomic mass is 10.1. The third-order valence-electron chi connectivity index (χ3n) is 2.47. The van der Waals surface area contributed by atoms with Crippen LogP contribution in [0, 0.1) is 0 Å². The van der Waals surface area contributed by atoms with Crippen molar-refractivity contribution in [2.45, 2.75) is 32.3 Å². The number of hydrogen-bond acceptors (Lipinski definition) is 4. The van der Waals surface area contributed by atoms with Gasteiger partial charge in [-0.2, -0.15) is 16.9 Å². The molecule has 0 fully saturated rings. The Hall–Kier alpha value is -1.01. The molecule has 1 rings (SSSR count). The molecule has 5 nitrogen and oxygen atoms in total. The summed E-state index contributed by atoms with van der Waals surface area (Å²) in [6, 6.07) is 1.75. The maximum absolute atomic E-state index is 11.8. The van der Waals surface area contributed by atoms with Gasteiger partial charge >= 0.3 is 0 Å². The van der Waals surface area contributed by atoms with Gasteiger partial charge in [0.1, 0.15) is 5.69 Å².